The lowest BCUT2D eigenvalue weighted by Crippen LogP contribution is -2.44. The Morgan fingerprint density at radius 3 is 2.15 bits per heavy atom. The maximum atomic E-state index is 12.3. The molecule has 1 rings (SSSR count). The molecule has 0 spiro atoms. The summed E-state index contributed by atoms with van der Waals surface area (Å²) in [6.07, 6.45) is 21.2. The Balaban J connectivity index is 2.11. The van der Waals surface area contributed by atoms with Crippen molar-refractivity contribution >= 4 is 12.2 Å². The van der Waals surface area contributed by atoms with Crippen molar-refractivity contribution in [1.29, 1.82) is 0 Å². The molecule has 0 saturated carbocycles. The number of carbonyl (C=O) groups is 1. The minimum absolute atomic E-state index is 0.0204. The standard InChI is InChI=1S/C23H43N3O/c1-4-6-7-8-9-10-11-12-13-14-15-16-17-22(23(27)24-3)26-20-19-25(21-26)18-5-2/h5,21-22H,2,4,6-20H2,1,3H3/p+1. The molecule has 0 saturated heterocycles. The molecule has 1 unspecified atom stereocenters. The fraction of sp³-hybridized carbons (Fsp3) is 0.826. The summed E-state index contributed by atoms with van der Waals surface area (Å²) in [6.45, 7) is 8.85. The lowest BCUT2D eigenvalue weighted by atomic mass is 10.0. The molecular formula is C23H44N3O+. The molecule has 1 heterocycles. The van der Waals surface area contributed by atoms with Gasteiger partial charge in [-0.2, -0.15) is 0 Å². The second-order valence-electron chi connectivity index (χ2n) is 7.94. The predicted octanol–water partition coefficient (Wildman–Crippen LogP) is 4.73. The van der Waals surface area contributed by atoms with Gasteiger partial charge in [-0.1, -0.05) is 90.2 Å². The quantitative estimate of drug-likeness (QED) is 0.225. The van der Waals surface area contributed by atoms with E-state index in [0.717, 1.165) is 32.5 Å². The van der Waals surface area contributed by atoms with Crippen molar-refractivity contribution in [1.82, 2.24) is 10.2 Å². The lowest BCUT2D eigenvalue weighted by molar-refractivity contribution is -0.503. The van der Waals surface area contributed by atoms with Crippen LogP contribution in [0.3, 0.4) is 0 Å². The SMILES string of the molecule is C=CC[N+]1=CN(C(CCCCCCCCCCCCCC)C(=O)NC)CC1. The molecule has 1 aliphatic heterocycles. The molecule has 4 heteroatoms. The van der Waals surface area contributed by atoms with Gasteiger partial charge in [0.25, 0.3) is 5.91 Å². The third kappa shape index (κ3) is 10.6. The molecule has 27 heavy (non-hydrogen) atoms. The molecule has 1 aliphatic rings. The zero-order valence-corrected chi connectivity index (χ0v) is 18.1. The number of hydrogen-bond acceptors (Lipinski definition) is 2. The molecule has 0 aromatic rings. The van der Waals surface area contributed by atoms with E-state index in [2.05, 4.69) is 34.6 Å². The number of unbranched alkanes of at least 4 members (excludes halogenated alkanes) is 11. The van der Waals surface area contributed by atoms with Crippen LogP contribution in [0.15, 0.2) is 12.7 Å². The van der Waals surface area contributed by atoms with E-state index in [-0.39, 0.29) is 11.9 Å². The Labute approximate surface area is 168 Å². The first kappa shape index (κ1) is 23.7. The highest BCUT2D eigenvalue weighted by atomic mass is 16.2. The van der Waals surface area contributed by atoms with Crippen molar-refractivity contribution in [3.63, 3.8) is 0 Å². The molecule has 1 amide bonds. The molecule has 0 radical (unpaired) electrons. The van der Waals surface area contributed by atoms with E-state index in [0.29, 0.717) is 0 Å². The summed E-state index contributed by atoms with van der Waals surface area (Å²) in [5.41, 5.74) is 0. The van der Waals surface area contributed by atoms with E-state index in [9.17, 15) is 4.79 Å². The van der Waals surface area contributed by atoms with Crippen LogP contribution < -0.4 is 5.32 Å². The van der Waals surface area contributed by atoms with Gasteiger partial charge in [0.15, 0.2) is 6.04 Å². The molecule has 1 N–H and O–H groups in total. The number of rotatable bonds is 17. The largest absolute Gasteiger partial charge is 0.356 e. The number of carbonyl (C=O) groups excluding carboxylic acids is 1. The highest BCUT2D eigenvalue weighted by Crippen LogP contribution is 2.15. The average molecular weight is 379 g/mol. The summed E-state index contributed by atoms with van der Waals surface area (Å²) < 4.78 is 2.23. The Kier molecular flexibility index (Phi) is 13.8. The Morgan fingerprint density at radius 2 is 1.63 bits per heavy atom. The highest BCUT2D eigenvalue weighted by Gasteiger charge is 2.31. The van der Waals surface area contributed by atoms with Crippen molar-refractivity contribution in [2.45, 2.75) is 96.4 Å². The van der Waals surface area contributed by atoms with Crippen molar-refractivity contribution in [2.24, 2.45) is 0 Å². The highest BCUT2D eigenvalue weighted by molar-refractivity contribution is 5.83. The van der Waals surface area contributed by atoms with E-state index >= 15 is 0 Å². The summed E-state index contributed by atoms with van der Waals surface area (Å²) in [4.78, 5) is 14.5. The molecule has 4 nitrogen and oxygen atoms in total. The molecule has 156 valence electrons. The van der Waals surface area contributed by atoms with Crippen LogP contribution >= 0.6 is 0 Å². The topological polar surface area (TPSA) is 35.4 Å². The van der Waals surface area contributed by atoms with E-state index in [1.807, 2.05) is 6.08 Å². The first-order valence-corrected chi connectivity index (χ1v) is 11.4. The third-order valence-corrected chi connectivity index (χ3v) is 5.60. The van der Waals surface area contributed by atoms with Crippen molar-refractivity contribution in [3.8, 4) is 0 Å². The zero-order valence-electron chi connectivity index (χ0n) is 18.1. The smallest absolute Gasteiger partial charge is 0.264 e. The van der Waals surface area contributed by atoms with Gasteiger partial charge < -0.3 is 5.32 Å². The summed E-state index contributed by atoms with van der Waals surface area (Å²) >= 11 is 0. The maximum Gasteiger partial charge on any atom is 0.264 e. The number of likely N-dealkylation sites (N-methyl/N-ethyl adjacent to an activating group) is 1. The molecule has 0 aliphatic carbocycles. The van der Waals surface area contributed by atoms with Crippen LogP contribution in [0.25, 0.3) is 0 Å². The summed E-state index contributed by atoms with van der Waals surface area (Å²) in [5.74, 6) is 0.148. The fourth-order valence-electron chi connectivity index (χ4n) is 3.90. The number of amides is 1. The van der Waals surface area contributed by atoms with Gasteiger partial charge in [0.1, 0.15) is 19.6 Å². The number of nitrogens with zero attached hydrogens (tertiary/aromatic N) is 2. The molecule has 0 aromatic carbocycles. The second kappa shape index (κ2) is 15.7. The van der Waals surface area contributed by atoms with Gasteiger partial charge in [-0.05, 0) is 12.8 Å². The monoisotopic (exact) mass is 378 g/mol. The average Bonchev–Trinajstić information content (AvgIpc) is 3.13. The van der Waals surface area contributed by atoms with Crippen molar-refractivity contribution < 1.29 is 9.37 Å². The van der Waals surface area contributed by atoms with Crippen LogP contribution in [0.1, 0.15) is 90.4 Å². The molecular weight excluding hydrogens is 334 g/mol. The number of nitrogens with one attached hydrogen (secondary N) is 1. The predicted molar refractivity (Wildman–Crippen MR) is 117 cm³/mol. The lowest BCUT2D eigenvalue weighted by Gasteiger charge is -2.19. The van der Waals surface area contributed by atoms with Crippen molar-refractivity contribution in [3.05, 3.63) is 12.7 Å². The maximum absolute atomic E-state index is 12.3. The van der Waals surface area contributed by atoms with Gasteiger partial charge in [0.2, 0.25) is 6.34 Å². The van der Waals surface area contributed by atoms with E-state index in [4.69, 9.17) is 0 Å². The normalized spacial score (nSPS) is 14.9. The molecule has 0 bridgehead atoms. The van der Waals surface area contributed by atoms with E-state index in [1.54, 1.807) is 7.05 Å². The molecule has 0 aromatic heterocycles. The van der Waals surface area contributed by atoms with Crippen LogP contribution in [0, 0.1) is 0 Å². The Hall–Kier alpha value is -1.32. The summed E-state index contributed by atoms with van der Waals surface area (Å²) in [7, 11) is 1.75. The van der Waals surface area contributed by atoms with Crippen LogP contribution in [-0.4, -0.2) is 54.4 Å². The fourth-order valence-corrected chi connectivity index (χ4v) is 3.90. The third-order valence-electron chi connectivity index (χ3n) is 5.60. The first-order chi connectivity index (χ1) is 13.2. The van der Waals surface area contributed by atoms with Gasteiger partial charge in [0, 0.05) is 7.05 Å². The van der Waals surface area contributed by atoms with Gasteiger partial charge in [-0.15, -0.1) is 0 Å². The minimum Gasteiger partial charge on any atom is -0.356 e. The molecule has 1 atom stereocenters. The first-order valence-electron chi connectivity index (χ1n) is 11.4. The van der Waals surface area contributed by atoms with Crippen LogP contribution in [-0.2, 0) is 4.79 Å². The van der Waals surface area contributed by atoms with Crippen LogP contribution in [0.5, 0.6) is 0 Å². The van der Waals surface area contributed by atoms with Gasteiger partial charge in [-0.25, -0.2) is 0 Å². The Morgan fingerprint density at radius 1 is 1.07 bits per heavy atom. The number of hydrogen-bond donors (Lipinski definition) is 1. The van der Waals surface area contributed by atoms with E-state index in [1.165, 1.54) is 70.6 Å². The zero-order chi connectivity index (χ0) is 19.7. The summed E-state index contributed by atoms with van der Waals surface area (Å²) in [5, 5.41) is 2.84. The summed E-state index contributed by atoms with van der Waals surface area (Å²) in [6, 6.07) is -0.0204. The second-order valence-corrected chi connectivity index (χ2v) is 7.94. The van der Waals surface area contributed by atoms with E-state index < -0.39 is 0 Å². The van der Waals surface area contributed by atoms with Crippen molar-refractivity contribution in [2.75, 3.05) is 26.7 Å². The van der Waals surface area contributed by atoms with Crippen LogP contribution in [0.4, 0.5) is 0 Å². The van der Waals surface area contributed by atoms with Crippen LogP contribution in [0.2, 0.25) is 0 Å². The minimum atomic E-state index is -0.0204. The van der Waals surface area contributed by atoms with Gasteiger partial charge in [-0.3, -0.25) is 14.3 Å². The molecule has 0 fully saturated rings. The van der Waals surface area contributed by atoms with Gasteiger partial charge in [0.05, 0.1) is 0 Å². The van der Waals surface area contributed by atoms with Gasteiger partial charge >= 0.3 is 0 Å². The Bertz CT molecular complexity index is 433.